The van der Waals surface area contributed by atoms with E-state index in [4.69, 9.17) is 9.47 Å². The SMILES string of the molecule is COC(=O)[C@@H]1CCCN1C(=O)[C@@H](NC(=O)OCc1ccccc1)C(C)(C)C. The van der Waals surface area contributed by atoms with Crippen molar-refractivity contribution >= 4 is 18.0 Å². The smallest absolute Gasteiger partial charge is 0.408 e. The Morgan fingerprint density at radius 3 is 2.48 bits per heavy atom. The fourth-order valence-electron chi connectivity index (χ4n) is 3.11. The number of benzene rings is 1. The van der Waals surface area contributed by atoms with E-state index < -0.39 is 29.6 Å². The van der Waals surface area contributed by atoms with Gasteiger partial charge < -0.3 is 19.7 Å². The Labute approximate surface area is 160 Å². The summed E-state index contributed by atoms with van der Waals surface area (Å²) in [5.74, 6) is -0.729. The Morgan fingerprint density at radius 2 is 1.89 bits per heavy atom. The fraction of sp³-hybridized carbons (Fsp3) is 0.550. The van der Waals surface area contributed by atoms with Gasteiger partial charge in [0.05, 0.1) is 7.11 Å². The van der Waals surface area contributed by atoms with Gasteiger partial charge in [-0.1, -0.05) is 51.1 Å². The van der Waals surface area contributed by atoms with Crippen molar-refractivity contribution in [2.24, 2.45) is 5.41 Å². The van der Waals surface area contributed by atoms with Crippen LogP contribution in [0.5, 0.6) is 0 Å². The van der Waals surface area contributed by atoms with E-state index in [2.05, 4.69) is 5.32 Å². The van der Waals surface area contributed by atoms with Crippen LogP contribution in [-0.2, 0) is 25.7 Å². The van der Waals surface area contributed by atoms with E-state index in [1.807, 2.05) is 51.1 Å². The molecule has 2 amide bonds. The minimum absolute atomic E-state index is 0.117. The number of amides is 2. The summed E-state index contributed by atoms with van der Waals surface area (Å²) in [7, 11) is 1.31. The quantitative estimate of drug-likeness (QED) is 0.798. The van der Waals surface area contributed by atoms with E-state index in [0.29, 0.717) is 13.0 Å². The molecule has 2 atom stereocenters. The molecule has 0 saturated carbocycles. The summed E-state index contributed by atoms with van der Waals surface area (Å²) in [6.07, 6.45) is 0.620. The molecule has 1 heterocycles. The number of methoxy groups -OCH3 is 1. The van der Waals surface area contributed by atoms with Crippen molar-refractivity contribution in [3.63, 3.8) is 0 Å². The number of likely N-dealkylation sites (tertiary alicyclic amines) is 1. The molecule has 1 aliphatic heterocycles. The van der Waals surface area contributed by atoms with Gasteiger partial charge in [-0.2, -0.15) is 0 Å². The number of alkyl carbamates (subject to hydrolysis) is 1. The lowest BCUT2D eigenvalue weighted by Crippen LogP contribution is -2.56. The van der Waals surface area contributed by atoms with Crippen LogP contribution in [0, 0.1) is 5.41 Å². The summed E-state index contributed by atoms with van der Waals surface area (Å²) in [6, 6.07) is 7.89. The van der Waals surface area contributed by atoms with Crippen LogP contribution < -0.4 is 5.32 Å². The second-order valence-corrected chi connectivity index (χ2v) is 7.72. The van der Waals surface area contributed by atoms with Crippen LogP contribution in [0.3, 0.4) is 0 Å². The molecule has 7 nitrogen and oxygen atoms in total. The standard InChI is InChI=1S/C20H28N2O5/c1-20(2,3)16(17(23)22-12-8-11-15(22)18(24)26-4)21-19(25)27-13-14-9-6-5-7-10-14/h5-7,9-10,15-16H,8,11-13H2,1-4H3,(H,21,25)/t15-,16+/m0/s1. The monoisotopic (exact) mass is 376 g/mol. The summed E-state index contributed by atoms with van der Waals surface area (Å²) in [5, 5.41) is 2.68. The molecule has 0 bridgehead atoms. The first-order chi connectivity index (χ1) is 12.7. The number of esters is 1. The molecule has 27 heavy (non-hydrogen) atoms. The van der Waals surface area contributed by atoms with Crippen molar-refractivity contribution in [1.82, 2.24) is 10.2 Å². The van der Waals surface area contributed by atoms with Gasteiger partial charge >= 0.3 is 12.1 Å². The highest BCUT2D eigenvalue weighted by Gasteiger charge is 2.42. The van der Waals surface area contributed by atoms with E-state index in [0.717, 1.165) is 12.0 Å². The molecule has 0 aromatic heterocycles. The molecule has 7 heteroatoms. The molecule has 1 N–H and O–H groups in total. The van der Waals surface area contributed by atoms with Gasteiger partial charge in [-0.15, -0.1) is 0 Å². The maximum atomic E-state index is 13.1. The highest BCUT2D eigenvalue weighted by molar-refractivity contribution is 5.90. The zero-order valence-electron chi connectivity index (χ0n) is 16.4. The first-order valence-electron chi connectivity index (χ1n) is 9.09. The molecule has 0 unspecified atom stereocenters. The summed E-state index contributed by atoms with van der Waals surface area (Å²) >= 11 is 0. The van der Waals surface area contributed by atoms with Gasteiger partial charge in [-0.25, -0.2) is 9.59 Å². The average Bonchev–Trinajstić information content (AvgIpc) is 3.13. The van der Waals surface area contributed by atoms with Crippen LogP contribution in [0.2, 0.25) is 0 Å². The molecule has 0 radical (unpaired) electrons. The molecule has 1 aromatic carbocycles. The fourth-order valence-corrected chi connectivity index (χ4v) is 3.11. The van der Waals surface area contributed by atoms with Gasteiger partial charge in [-0.3, -0.25) is 4.79 Å². The van der Waals surface area contributed by atoms with Crippen LogP contribution in [-0.4, -0.2) is 48.6 Å². The van der Waals surface area contributed by atoms with Gasteiger partial charge in [0, 0.05) is 6.54 Å². The third kappa shape index (κ3) is 5.45. The van der Waals surface area contributed by atoms with Crippen molar-refractivity contribution < 1.29 is 23.9 Å². The number of hydrogen-bond acceptors (Lipinski definition) is 5. The number of nitrogens with zero attached hydrogens (tertiary/aromatic N) is 1. The number of hydrogen-bond donors (Lipinski definition) is 1. The maximum absolute atomic E-state index is 13.1. The molecule has 1 saturated heterocycles. The lowest BCUT2D eigenvalue weighted by molar-refractivity contribution is -0.152. The lowest BCUT2D eigenvalue weighted by Gasteiger charge is -2.34. The van der Waals surface area contributed by atoms with Crippen molar-refractivity contribution in [2.75, 3.05) is 13.7 Å². The third-order valence-electron chi connectivity index (χ3n) is 4.60. The first-order valence-corrected chi connectivity index (χ1v) is 9.09. The second kappa shape index (κ2) is 8.88. The summed E-state index contributed by atoms with van der Waals surface area (Å²) in [5.41, 5.74) is 0.308. The highest BCUT2D eigenvalue weighted by Crippen LogP contribution is 2.26. The first kappa shape index (κ1) is 20.7. The van der Waals surface area contributed by atoms with Gasteiger partial charge in [0.1, 0.15) is 18.7 Å². The molecule has 1 aromatic rings. The molecule has 148 valence electrons. The Bertz CT molecular complexity index is 669. The van der Waals surface area contributed by atoms with Crippen molar-refractivity contribution in [3.05, 3.63) is 35.9 Å². The van der Waals surface area contributed by atoms with Crippen LogP contribution in [0.15, 0.2) is 30.3 Å². The molecular weight excluding hydrogens is 348 g/mol. The van der Waals surface area contributed by atoms with Gasteiger partial charge in [0.2, 0.25) is 5.91 Å². The molecular formula is C20H28N2O5. The van der Waals surface area contributed by atoms with E-state index in [1.165, 1.54) is 12.0 Å². The van der Waals surface area contributed by atoms with Crippen molar-refractivity contribution in [1.29, 1.82) is 0 Å². The Balaban J connectivity index is 2.05. The number of rotatable bonds is 5. The second-order valence-electron chi connectivity index (χ2n) is 7.72. The number of carbonyl (C=O) groups is 3. The predicted molar refractivity (Wildman–Crippen MR) is 99.8 cm³/mol. The summed E-state index contributed by atoms with van der Waals surface area (Å²) < 4.78 is 10.1. The van der Waals surface area contributed by atoms with Gasteiger partial charge in [0.25, 0.3) is 0 Å². The zero-order valence-corrected chi connectivity index (χ0v) is 16.4. The van der Waals surface area contributed by atoms with Crippen LogP contribution in [0.25, 0.3) is 0 Å². The number of nitrogens with one attached hydrogen (secondary N) is 1. The van der Waals surface area contributed by atoms with Gasteiger partial charge in [-0.05, 0) is 23.8 Å². The lowest BCUT2D eigenvalue weighted by atomic mass is 9.85. The Kier molecular flexibility index (Phi) is 6.82. The third-order valence-corrected chi connectivity index (χ3v) is 4.60. The Hall–Kier alpha value is -2.57. The molecule has 1 fully saturated rings. The minimum atomic E-state index is -0.814. The highest BCUT2D eigenvalue weighted by atomic mass is 16.5. The Morgan fingerprint density at radius 1 is 1.22 bits per heavy atom. The maximum Gasteiger partial charge on any atom is 0.408 e. The van der Waals surface area contributed by atoms with Crippen LogP contribution in [0.4, 0.5) is 4.79 Å². The largest absolute Gasteiger partial charge is 0.467 e. The summed E-state index contributed by atoms with van der Waals surface area (Å²) in [4.78, 5) is 38.8. The van der Waals surface area contributed by atoms with E-state index in [-0.39, 0.29) is 12.5 Å². The average molecular weight is 376 g/mol. The van der Waals surface area contributed by atoms with Crippen LogP contribution in [0.1, 0.15) is 39.2 Å². The van der Waals surface area contributed by atoms with E-state index in [1.54, 1.807) is 0 Å². The normalized spacial score (nSPS) is 17.9. The van der Waals surface area contributed by atoms with Crippen LogP contribution >= 0.6 is 0 Å². The van der Waals surface area contributed by atoms with Crippen molar-refractivity contribution in [3.8, 4) is 0 Å². The zero-order chi connectivity index (χ0) is 20.0. The van der Waals surface area contributed by atoms with Gasteiger partial charge in [0.15, 0.2) is 0 Å². The van der Waals surface area contributed by atoms with E-state index >= 15 is 0 Å². The molecule has 0 aliphatic carbocycles. The van der Waals surface area contributed by atoms with E-state index in [9.17, 15) is 14.4 Å². The predicted octanol–water partition coefficient (Wildman–Crippen LogP) is 2.49. The minimum Gasteiger partial charge on any atom is -0.467 e. The molecule has 0 spiro atoms. The number of carbonyl (C=O) groups excluding carboxylic acids is 3. The molecule has 1 aliphatic rings. The topological polar surface area (TPSA) is 84.9 Å². The van der Waals surface area contributed by atoms with Crippen molar-refractivity contribution in [2.45, 2.75) is 52.3 Å². The number of ether oxygens (including phenoxy) is 2. The molecule has 2 rings (SSSR count). The summed E-state index contributed by atoms with van der Waals surface area (Å²) in [6.45, 7) is 6.15.